The molecule has 0 aliphatic carbocycles. The number of nitrogens with one attached hydrogen (secondary N) is 1. The monoisotopic (exact) mass is 342 g/mol. The highest BCUT2D eigenvalue weighted by molar-refractivity contribution is 5.71. The van der Waals surface area contributed by atoms with Crippen molar-refractivity contribution in [2.45, 2.75) is 19.8 Å². The quantitative estimate of drug-likeness (QED) is 0.864. The number of carboxylic acid groups (broad SMARTS) is 1. The molecule has 0 spiro atoms. The number of aryl methyl sites for hydroxylation is 1. The molecule has 1 fully saturated rings. The second kappa shape index (κ2) is 7.38. The first kappa shape index (κ1) is 17.0. The lowest BCUT2D eigenvalue weighted by Gasteiger charge is -2.31. The van der Waals surface area contributed by atoms with Gasteiger partial charge in [-0.3, -0.25) is 4.79 Å². The van der Waals surface area contributed by atoms with Crippen molar-refractivity contribution in [1.29, 1.82) is 0 Å². The normalized spacial score (nSPS) is 17.2. The van der Waals surface area contributed by atoms with Gasteiger partial charge in [0.1, 0.15) is 23.2 Å². The number of carboxylic acids is 1. The van der Waals surface area contributed by atoms with Gasteiger partial charge in [0.2, 0.25) is 0 Å². The summed E-state index contributed by atoms with van der Waals surface area (Å²) in [5.41, 5.74) is 0.895. The van der Waals surface area contributed by atoms with Crippen LogP contribution < -0.4 is 15.0 Å². The van der Waals surface area contributed by atoms with Crippen LogP contribution in [0, 0.1) is 12.8 Å². The Labute approximate surface area is 146 Å². The second-order valence-electron chi connectivity index (χ2n) is 6.14. The maximum Gasteiger partial charge on any atom is 0.308 e. The fraction of sp³-hybridized carbons (Fsp3) is 0.389. The fourth-order valence-corrected chi connectivity index (χ4v) is 2.99. The van der Waals surface area contributed by atoms with E-state index in [0.717, 1.165) is 30.2 Å². The van der Waals surface area contributed by atoms with Crippen molar-refractivity contribution in [2.75, 3.05) is 30.4 Å². The van der Waals surface area contributed by atoms with E-state index < -0.39 is 5.97 Å². The van der Waals surface area contributed by atoms with E-state index in [0.29, 0.717) is 24.6 Å². The predicted molar refractivity (Wildman–Crippen MR) is 95.6 cm³/mol. The van der Waals surface area contributed by atoms with Gasteiger partial charge >= 0.3 is 5.97 Å². The van der Waals surface area contributed by atoms with Crippen LogP contribution >= 0.6 is 0 Å². The molecule has 1 aliphatic heterocycles. The summed E-state index contributed by atoms with van der Waals surface area (Å²) in [7, 11) is 1.63. The molecule has 2 N–H and O–H groups in total. The summed E-state index contributed by atoms with van der Waals surface area (Å²) in [6.07, 6.45) is 1.56. The minimum absolute atomic E-state index is 0.345. The lowest BCUT2D eigenvalue weighted by molar-refractivity contribution is -0.141. The van der Waals surface area contributed by atoms with Gasteiger partial charge in [-0.2, -0.15) is 0 Å². The Morgan fingerprint density at radius 3 is 2.76 bits per heavy atom. The van der Waals surface area contributed by atoms with Gasteiger partial charge in [0.25, 0.3) is 0 Å². The van der Waals surface area contributed by atoms with E-state index in [1.54, 1.807) is 7.11 Å². The molecule has 0 amide bonds. The minimum Gasteiger partial charge on any atom is -0.497 e. The predicted octanol–water partition coefficient (Wildman–Crippen LogP) is 2.84. The van der Waals surface area contributed by atoms with Crippen LogP contribution in [0.5, 0.6) is 5.75 Å². The number of aliphatic carboxylic acids is 1. The van der Waals surface area contributed by atoms with Crippen LogP contribution in [0.15, 0.2) is 30.3 Å². The van der Waals surface area contributed by atoms with Crippen LogP contribution in [0.2, 0.25) is 0 Å². The molecule has 2 aromatic rings. The Hall–Kier alpha value is -2.83. The number of hydrogen-bond donors (Lipinski definition) is 2. The molecule has 0 radical (unpaired) electrons. The third-order valence-electron chi connectivity index (χ3n) is 4.28. The van der Waals surface area contributed by atoms with Crippen molar-refractivity contribution < 1.29 is 14.6 Å². The molecule has 1 aliphatic rings. The van der Waals surface area contributed by atoms with Crippen molar-refractivity contribution >= 4 is 23.3 Å². The number of ether oxygens (including phenoxy) is 1. The number of nitrogens with zero attached hydrogens (tertiary/aromatic N) is 3. The number of methoxy groups -OCH3 is 1. The van der Waals surface area contributed by atoms with E-state index in [9.17, 15) is 9.90 Å². The van der Waals surface area contributed by atoms with Crippen molar-refractivity contribution in [1.82, 2.24) is 9.97 Å². The Kier molecular flexibility index (Phi) is 5.02. The van der Waals surface area contributed by atoms with E-state index in [1.165, 1.54) is 0 Å². The molecule has 3 rings (SSSR count). The molecule has 1 aromatic carbocycles. The van der Waals surface area contributed by atoms with Crippen LogP contribution in [0.1, 0.15) is 18.7 Å². The zero-order valence-corrected chi connectivity index (χ0v) is 14.4. The average molecular weight is 342 g/mol. The zero-order chi connectivity index (χ0) is 17.8. The first-order valence-electron chi connectivity index (χ1n) is 8.29. The summed E-state index contributed by atoms with van der Waals surface area (Å²) >= 11 is 0. The number of anilines is 3. The van der Waals surface area contributed by atoms with Gasteiger partial charge in [0.15, 0.2) is 0 Å². The number of rotatable bonds is 5. The molecule has 132 valence electrons. The molecule has 7 heteroatoms. The second-order valence-corrected chi connectivity index (χ2v) is 6.14. The Morgan fingerprint density at radius 1 is 1.32 bits per heavy atom. The number of hydrogen-bond acceptors (Lipinski definition) is 6. The first-order valence-corrected chi connectivity index (χ1v) is 8.29. The van der Waals surface area contributed by atoms with Gasteiger partial charge < -0.3 is 20.1 Å². The summed E-state index contributed by atoms with van der Waals surface area (Å²) in [6, 6.07) is 9.44. The minimum atomic E-state index is -0.743. The molecule has 1 unspecified atom stereocenters. The SMILES string of the molecule is COc1ccc(Nc2cc(N3CCCC(C(=O)O)C3)nc(C)n2)cc1. The van der Waals surface area contributed by atoms with Crippen LogP contribution in [0.3, 0.4) is 0 Å². The summed E-state index contributed by atoms with van der Waals surface area (Å²) in [5, 5.41) is 12.5. The van der Waals surface area contributed by atoms with Crippen molar-refractivity contribution in [3.05, 3.63) is 36.2 Å². The average Bonchev–Trinajstić information content (AvgIpc) is 2.62. The van der Waals surface area contributed by atoms with E-state index in [1.807, 2.05) is 42.2 Å². The molecular weight excluding hydrogens is 320 g/mol. The van der Waals surface area contributed by atoms with Gasteiger partial charge in [0, 0.05) is 24.8 Å². The van der Waals surface area contributed by atoms with Gasteiger partial charge in [-0.05, 0) is 44.0 Å². The van der Waals surface area contributed by atoms with E-state index in [-0.39, 0.29) is 5.92 Å². The zero-order valence-electron chi connectivity index (χ0n) is 14.4. The van der Waals surface area contributed by atoms with Gasteiger partial charge in [0.05, 0.1) is 13.0 Å². The highest BCUT2D eigenvalue weighted by atomic mass is 16.5. The van der Waals surface area contributed by atoms with Gasteiger partial charge in [-0.1, -0.05) is 0 Å². The van der Waals surface area contributed by atoms with Crippen LogP contribution in [-0.2, 0) is 4.79 Å². The Balaban J connectivity index is 1.78. The largest absolute Gasteiger partial charge is 0.497 e. The number of benzene rings is 1. The molecule has 1 aromatic heterocycles. The smallest absolute Gasteiger partial charge is 0.308 e. The van der Waals surface area contributed by atoms with Crippen molar-refractivity contribution in [3.8, 4) is 5.75 Å². The summed E-state index contributed by atoms with van der Waals surface area (Å²) < 4.78 is 5.16. The van der Waals surface area contributed by atoms with Crippen molar-refractivity contribution in [3.63, 3.8) is 0 Å². The lowest BCUT2D eigenvalue weighted by Crippen LogP contribution is -2.39. The molecule has 0 saturated carbocycles. The standard InChI is InChI=1S/C18H22N4O3/c1-12-19-16(21-14-5-7-15(25-2)8-6-14)10-17(20-12)22-9-3-4-13(11-22)18(23)24/h5-8,10,13H,3-4,9,11H2,1-2H3,(H,23,24)(H,19,20,21). The lowest BCUT2D eigenvalue weighted by atomic mass is 9.98. The first-order chi connectivity index (χ1) is 12.0. The van der Waals surface area contributed by atoms with Gasteiger partial charge in [-0.15, -0.1) is 0 Å². The summed E-state index contributed by atoms with van der Waals surface area (Å²) in [5.74, 6) is 1.79. The molecule has 0 bridgehead atoms. The topological polar surface area (TPSA) is 87.6 Å². The number of aromatic nitrogens is 2. The summed E-state index contributed by atoms with van der Waals surface area (Å²) in [6.45, 7) is 3.12. The highest BCUT2D eigenvalue weighted by Crippen LogP contribution is 2.25. The van der Waals surface area contributed by atoms with Crippen LogP contribution in [0.25, 0.3) is 0 Å². The third kappa shape index (κ3) is 4.17. The molecule has 1 atom stereocenters. The van der Waals surface area contributed by atoms with E-state index >= 15 is 0 Å². The molecule has 7 nitrogen and oxygen atoms in total. The maximum atomic E-state index is 11.3. The molecular formula is C18H22N4O3. The molecule has 1 saturated heterocycles. The summed E-state index contributed by atoms with van der Waals surface area (Å²) in [4.78, 5) is 22.2. The van der Waals surface area contributed by atoms with E-state index in [2.05, 4.69) is 15.3 Å². The van der Waals surface area contributed by atoms with Gasteiger partial charge in [-0.25, -0.2) is 9.97 Å². The molecule has 2 heterocycles. The number of carbonyl (C=O) groups is 1. The molecule has 25 heavy (non-hydrogen) atoms. The maximum absolute atomic E-state index is 11.3. The third-order valence-corrected chi connectivity index (χ3v) is 4.28. The Morgan fingerprint density at radius 2 is 2.08 bits per heavy atom. The van der Waals surface area contributed by atoms with Crippen molar-refractivity contribution in [2.24, 2.45) is 5.92 Å². The Bertz CT molecular complexity index is 748. The van der Waals surface area contributed by atoms with Crippen LogP contribution in [0.4, 0.5) is 17.3 Å². The van der Waals surface area contributed by atoms with Crippen LogP contribution in [-0.4, -0.2) is 41.2 Å². The number of piperidine rings is 1. The fourth-order valence-electron chi connectivity index (χ4n) is 2.99. The highest BCUT2D eigenvalue weighted by Gasteiger charge is 2.26. The van der Waals surface area contributed by atoms with E-state index in [4.69, 9.17) is 4.74 Å².